The summed E-state index contributed by atoms with van der Waals surface area (Å²) in [4.78, 5) is 11.3. The summed E-state index contributed by atoms with van der Waals surface area (Å²) in [7, 11) is 0. The molecule has 0 unspecified atom stereocenters. The van der Waals surface area contributed by atoms with E-state index in [2.05, 4.69) is 24.5 Å². The third-order valence-electron chi connectivity index (χ3n) is 2.31. The fourth-order valence-electron chi connectivity index (χ4n) is 1.38. The first kappa shape index (κ1) is 15.4. The lowest BCUT2D eigenvalue weighted by Gasteiger charge is -2.08. The molecule has 0 heterocycles. The third kappa shape index (κ3) is 11.5. The molecule has 0 aromatic carbocycles. The molecule has 4 nitrogen and oxygen atoms in total. The van der Waals surface area contributed by atoms with Crippen LogP contribution in [0, 0.1) is 0 Å². The second-order valence-electron chi connectivity index (χ2n) is 4.35. The maximum absolute atomic E-state index is 11.3. The highest BCUT2D eigenvalue weighted by Gasteiger charge is 2.00. The highest BCUT2D eigenvalue weighted by molar-refractivity contribution is 5.75. The van der Waals surface area contributed by atoms with E-state index in [1.54, 1.807) is 0 Å². The van der Waals surface area contributed by atoms with Crippen LogP contribution in [-0.2, 0) is 4.79 Å². The molecule has 0 rings (SSSR count). The van der Waals surface area contributed by atoms with Crippen LogP contribution in [0.1, 0.15) is 46.0 Å². The Morgan fingerprint density at radius 1 is 1.12 bits per heavy atom. The Balaban J connectivity index is 3.17. The molecule has 0 spiro atoms. The van der Waals surface area contributed by atoms with E-state index in [1.807, 2.05) is 0 Å². The molecule has 0 radical (unpaired) electrons. The second kappa shape index (κ2) is 10.9. The zero-order chi connectivity index (χ0) is 12.2. The van der Waals surface area contributed by atoms with Gasteiger partial charge in [-0.05, 0) is 12.8 Å². The molecule has 0 aliphatic rings. The van der Waals surface area contributed by atoms with E-state index in [1.165, 1.54) is 0 Å². The van der Waals surface area contributed by atoms with Gasteiger partial charge >= 0.3 is 0 Å². The van der Waals surface area contributed by atoms with Crippen LogP contribution in [0.15, 0.2) is 0 Å². The van der Waals surface area contributed by atoms with Gasteiger partial charge in [0.1, 0.15) is 0 Å². The first-order chi connectivity index (χ1) is 7.66. The lowest BCUT2D eigenvalue weighted by atomic mass is 10.2. The van der Waals surface area contributed by atoms with Crippen LogP contribution in [0.4, 0.5) is 0 Å². The van der Waals surface area contributed by atoms with Gasteiger partial charge in [0.2, 0.25) is 5.91 Å². The van der Waals surface area contributed by atoms with Gasteiger partial charge in [0.25, 0.3) is 0 Å². The van der Waals surface area contributed by atoms with Gasteiger partial charge in [0.15, 0.2) is 0 Å². The van der Waals surface area contributed by atoms with Gasteiger partial charge in [-0.15, -0.1) is 0 Å². The summed E-state index contributed by atoms with van der Waals surface area (Å²) in [5.74, 6) is 0.121. The molecule has 96 valence electrons. The molecule has 0 saturated carbocycles. The Hall–Kier alpha value is -0.610. The number of aliphatic hydroxyl groups is 1. The lowest BCUT2D eigenvalue weighted by Crippen LogP contribution is -2.31. The summed E-state index contributed by atoms with van der Waals surface area (Å²) in [6, 6.07) is 0.436. The molecular weight excluding hydrogens is 204 g/mol. The van der Waals surface area contributed by atoms with Gasteiger partial charge in [-0.25, -0.2) is 0 Å². The molecule has 0 bridgehead atoms. The molecule has 1 amide bonds. The van der Waals surface area contributed by atoms with Gasteiger partial charge in [0, 0.05) is 32.2 Å². The van der Waals surface area contributed by atoms with Crippen molar-refractivity contribution in [1.82, 2.24) is 10.6 Å². The molecule has 4 heteroatoms. The monoisotopic (exact) mass is 230 g/mol. The minimum atomic E-state index is 0.121. The van der Waals surface area contributed by atoms with Crippen molar-refractivity contribution < 1.29 is 9.90 Å². The zero-order valence-electron chi connectivity index (χ0n) is 10.6. The van der Waals surface area contributed by atoms with E-state index in [0.717, 1.165) is 38.8 Å². The molecule has 0 fully saturated rings. The van der Waals surface area contributed by atoms with Gasteiger partial charge in [-0.3, -0.25) is 4.79 Å². The summed E-state index contributed by atoms with van der Waals surface area (Å²) >= 11 is 0. The van der Waals surface area contributed by atoms with Crippen LogP contribution < -0.4 is 10.6 Å². The molecule has 0 saturated heterocycles. The molecular formula is C12H26N2O2. The van der Waals surface area contributed by atoms with Crippen molar-refractivity contribution in [2.75, 3.05) is 19.7 Å². The third-order valence-corrected chi connectivity index (χ3v) is 2.31. The van der Waals surface area contributed by atoms with Crippen molar-refractivity contribution in [3.05, 3.63) is 0 Å². The van der Waals surface area contributed by atoms with Crippen molar-refractivity contribution in [3.8, 4) is 0 Å². The Morgan fingerprint density at radius 2 is 1.81 bits per heavy atom. The standard InChI is InChI=1S/C12H26N2O2/c1-11(2)13-9-7-12(16)14-8-5-3-4-6-10-15/h11,13,15H,3-10H2,1-2H3,(H,14,16). The van der Waals surface area contributed by atoms with Crippen molar-refractivity contribution in [1.29, 1.82) is 0 Å². The summed E-state index contributed by atoms with van der Waals surface area (Å²) in [6.45, 7) is 5.91. The Morgan fingerprint density at radius 3 is 2.44 bits per heavy atom. The number of unbranched alkanes of at least 4 members (excludes halogenated alkanes) is 3. The fraction of sp³-hybridized carbons (Fsp3) is 0.917. The Kier molecular flexibility index (Phi) is 10.5. The van der Waals surface area contributed by atoms with Gasteiger partial charge in [0.05, 0.1) is 0 Å². The smallest absolute Gasteiger partial charge is 0.221 e. The average molecular weight is 230 g/mol. The normalized spacial score (nSPS) is 10.8. The van der Waals surface area contributed by atoms with Crippen LogP contribution in [0.25, 0.3) is 0 Å². The number of carbonyl (C=O) groups is 1. The van der Waals surface area contributed by atoms with Crippen LogP contribution in [-0.4, -0.2) is 36.8 Å². The van der Waals surface area contributed by atoms with Gasteiger partial charge in [-0.1, -0.05) is 26.7 Å². The first-order valence-corrected chi connectivity index (χ1v) is 6.27. The summed E-state index contributed by atoms with van der Waals surface area (Å²) in [5.41, 5.74) is 0. The molecule has 3 N–H and O–H groups in total. The first-order valence-electron chi connectivity index (χ1n) is 6.27. The minimum Gasteiger partial charge on any atom is -0.396 e. The molecule has 0 aliphatic carbocycles. The van der Waals surface area contributed by atoms with Crippen LogP contribution in [0.3, 0.4) is 0 Å². The number of hydrogen-bond acceptors (Lipinski definition) is 3. The number of hydrogen-bond donors (Lipinski definition) is 3. The molecule has 0 aromatic heterocycles. The van der Waals surface area contributed by atoms with Crippen LogP contribution >= 0.6 is 0 Å². The average Bonchev–Trinajstić information content (AvgIpc) is 2.22. The lowest BCUT2D eigenvalue weighted by molar-refractivity contribution is -0.121. The Labute approximate surface area is 98.8 Å². The number of carbonyl (C=O) groups excluding carboxylic acids is 1. The van der Waals surface area contributed by atoms with E-state index in [9.17, 15) is 4.79 Å². The van der Waals surface area contributed by atoms with Crippen molar-refractivity contribution in [2.45, 2.75) is 52.0 Å². The Bertz CT molecular complexity index is 172. The molecule has 0 aromatic rings. The van der Waals surface area contributed by atoms with Crippen LogP contribution in [0.5, 0.6) is 0 Å². The fourth-order valence-corrected chi connectivity index (χ4v) is 1.38. The molecule has 0 aliphatic heterocycles. The van der Waals surface area contributed by atoms with Gasteiger partial charge in [-0.2, -0.15) is 0 Å². The van der Waals surface area contributed by atoms with Crippen molar-refractivity contribution in [3.63, 3.8) is 0 Å². The number of rotatable bonds is 10. The van der Waals surface area contributed by atoms with E-state index < -0.39 is 0 Å². The number of aliphatic hydroxyl groups excluding tert-OH is 1. The quantitative estimate of drug-likeness (QED) is 0.491. The van der Waals surface area contributed by atoms with Crippen LogP contribution in [0.2, 0.25) is 0 Å². The van der Waals surface area contributed by atoms with Crippen molar-refractivity contribution >= 4 is 5.91 Å². The summed E-state index contributed by atoms with van der Waals surface area (Å²) in [5, 5.41) is 14.7. The molecule has 16 heavy (non-hydrogen) atoms. The minimum absolute atomic E-state index is 0.121. The maximum Gasteiger partial charge on any atom is 0.221 e. The SMILES string of the molecule is CC(C)NCCC(=O)NCCCCCCO. The highest BCUT2D eigenvalue weighted by Crippen LogP contribution is 1.97. The maximum atomic E-state index is 11.3. The zero-order valence-corrected chi connectivity index (χ0v) is 10.6. The topological polar surface area (TPSA) is 61.4 Å². The highest BCUT2D eigenvalue weighted by atomic mass is 16.2. The second-order valence-corrected chi connectivity index (χ2v) is 4.35. The van der Waals surface area contributed by atoms with E-state index in [0.29, 0.717) is 12.5 Å². The van der Waals surface area contributed by atoms with E-state index in [4.69, 9.17) is 5.11 Å². The predicted molar refractivity (Wildman–Crippen MR) is 66.3 cm³/mol. The number of amides is 1. The van der Waals surface area contributed by atoms with Gasteiger partial charge < -0.3 is 15.7 Å². The van der Waals surface area contributed by atoms with Crippen molar-refractivity contribution in [2.24, 2.45) is 0 Å². The van der Waals surface area contributed by atoms with E-state index in [-0.39, 0.29) is 12.5 Å². The van der Waals surface area contributed by atoms with E-state index >= 15 is 0 Å². The summed E-state index contributed by atoms with van der Waals surface area (Å²) in [6.07, 6.45) is 4.54. The number of nitrogens with one attached hydrogen (secondary N) is 2. The largest absolute Gasteiger partial charge is 0.396 e. The summed E-state index contributed by atoms with van der Waals surface area (Å²) < 4.78 is 0. The predicted octanol–water partition coefficient (Wildman–Crippen LogP) is 1.04. The molecule has 0 atom stereocenters.